The van der Waals surface area contributed by atoms with Crippen molar-refractivity contribution in [2.75, 3.05) is 6.61 Å². The van der Waals surface area contributed by atoms with Gasteiger partial charge in [-0.2, -0.15) is 5.26 Å². The van der Waals surface area contributed by atoms with Crippen LogP contribution in [0.25, 0.3) is 0 Å². The van der Waals surface area contributed by atoms with Crippen molar-refractivity contribution < 1.29 is 19.0 Å². The lowest BCUT2D eigenvalue weighted by Crippen LogP contribution is -2.21. The second-order valence-corrected chi connectivity index (χ2v) is 10.8. The average molecular weight is 551 g/mol. The molecule has 1 heterocycles. The molecule has 2 N–H and O–H groups in total. The number of fused-ring (bicyclic) bond motifs is 1. The van der Waals surface area contributed by atoms with Crippen LogP contribution in [-0.2, 0) is 5.41 Å². The molecule has 0 amide bonds. The smallest absolute Gasteiger partial charge is 0.343 e. The van der Waals surface area contributed by atoms with E-state index in [9.17, 15) is 10.1 Å². The predicted octanol–water partition coefficient (Wildman–Crippen LogP) is 7.52. The Labute approximate surface area is 232 Å². The van der Waals surface area contributed by atoms with Crippen molar-refractivity contribution in [3.05, 3.63) is 98.4 Å². The van der Waals surface area contributed by atoms with Gasteiger partial charge in [0.05, 0.1) is 28.1 Å². The van der Waals surface area contributed by atoms with Crippen molar-refractivity contribution in [3.8, 4) is 23.3 Å². The third-order valence-electron chi connectivity index (χ3n) is 6.20. The maximum absolute atomic E-state index is 12.9. The molecule has 1 aliphatic rings. The summed E-state index contributed by atoms with van der Waals surface area (Å²) in [6, 6.07) is 18.2. The molecule has 3 aromatic rings. The molecule has 0 bridgehead atoms. The van der Waals surface area contributed by atoms with Gasteiger partial charge in [0.1, 0.15) is 23.1 Å². The van der Waals surface area contributed by atoms with Gasteiger partial charge in [0.25, 0.3) is 0 Å². The molecule has 0 aliphatic carbocycles. The summed E-state index contributed by atoms with van der Waals surface area (Å²) in [7, 11) is 0. The van der Waals surface area contributed by atoms with E-state index in [1.807, 2.05) is 19.1 Å². The van der Waals surface area contributed by atoms with E-state index in [1.165, 1.54) is 17.7 Å². The van der Waals surface area contributed by atoms with E-state index in [4.69, 9.17) is 43.1 Å². The molecule has 0 spiro atoms. The number of ether oxygens (including phenoxy) is 3. The quantitative estimate of drug-likeness (QED) is 0.252. The van der Waals surface area contributed by atoms with Crippen LogP contribution in [0.3, 0.4) is 0 Å². The SMILES string of the molecule is CCCOc1c(Cl)cc(C(=O)Oc2ccc3c(c2)OC(N)=C(C#N)C3c2ccc(C(C)(C)C)cc2)cc1Cl. The van der Waals surface area contributed by atoms with Crippen LogP contribution < -0.4 is 19.9 Å². The van der Waals surface area contributed by atoms with Gasteiger partial charge in [-0.1, -0.05) is 81.2 Å². The number of hydrogen-bond donors (Lipinski definition) is 1. The fourth-order valence-electron chi connectivity index (χ4n) is 4.20. The normalized spacial score (nSPS) is 14.8. The zero-order valence-corrected chi connectivity index (χ0v) is 23.1. The number of benzene rings is 3. The van der Waals surface area contributed by atoms with Crippen molar-refractivity contribution in [2.24, 2.45) is 5.73 Å². The number of nitrogens with two attached hydrogens (primary N) is 1. The van der Waals surface area contributed by atoms with Crippen molar-refractivity contribution in [1.82, 2.24) is 0 Å². The standard InChI is InChI=1S/C30H28Cl2N2O4/c1-5-12-36-27-23(31)13-18(14-24(27)32)29(35)37-20-10-11-21-25(15-20)38-28(34)22(16-33)26(21)17-6-8-19(9-7-17)30(2,3)4/h6-11,13-15,26H,5,12,34H2,1-4H3. The minimum absolute atomic E-state index is 0.00484. The van der Waals surface area contributed by atoms with E-state index in [0.717, 1.165) is 17.5 Å². The van der Waals surface area contributed by atoms with Crippen molar-refractivity contribution >= 4 is 29.2 Å². The number of nitrogens with zero attached hydrogens (tertiary/aromatic N) is 1. The summed E-state index contributed by atoms with van der Waals surface area (Å²) in [5.74, 6) is -0.1000. The first-order valence-electron chi connectivity index (χ1n) is 12.2. The highest BCUT2D eigenvalue weighted by Gasteiger charge is 2.31. The van der Waals surface area contributed by atoms with Gasteiger partial charge < -0.3 is 19.9 Å². The van der Waals surface area contributed by atoms with Gasteiger partial charge in [-0.15, -0.1) is 0 Å². The third-order valence-corrected chi connectivity index (χ3v) is 6.76. The number of hydrogen-bond acceptors (Lipinski definition) is 6. The first kappa shape index (κ1) is 27.4. The molecular weight excluding hydrogens is 523 g/mol. The highest BCUT2D eigenvalue weighted by Crippen LogP contribution is 2.44. The summed E-state index contributed by atoms with van der Waals surface area (Å²) in [6.45, 7) is 8.84. The Kier molecular flexibility index (Phi) is 7.91. The lowest BCUT2D eigenvalue weighted by molar-refractivity contribution is 0.0734. The Hall–Kier alpha value is -3.66. The minimum Gasteiger partial charge on any atom is -0.490 e. The van der Waals surface area contributed by atoms with E-state index in [2.05, 4.69) is 39.0 Å². The molecule has 6 nitrogen and oxygen atoms in total. The topological polar surface area (TPSA) is 94.6 Å². The van der Waals surface area contributed by atoms with Gasteiger partial charge in [-0.25, -0.2) is 4.79 Å². The van der Waals surface area contributed by atoms with E-state index >= 15 is 0 Å². The maximum Gasteiger partial charge on any atom is 0.343 e. The Morgan fingerprint density at radius 3 is 2.32 bits per heavy atom. The van der Waals surface area contributed by atoms with Gasteiger partial charge in [0.2, 0.25) is 5.88 Å². The molecule has 0 aromatic heterocycles. The lowest BCUT2D eigenvalue weighted by atomic mass is 9.81. The summed E-state index contributed by atoms with van der Waals surface area (Å²) in [4.78, 5) is 12.9. The zero-order chi connectivity index (χ0) is 27.6. The molecule has 4 rings (SSSR count). The Morgan fingerprint density at radius 2 is 1.74 bits per heavy atom. The number of carbonyl (C=O) groups excluding carboxylic acids is 1. The van der Waals surface area contributed by atoms with Crippen molar-refractivity contribution in [3.63, 3.8) is 0 Å². The summed E-state index contributed by atoms with van der Waals surface area (Å²) >= 11 is 12.6. The molecule has 0 radical (unpaired) electrons. The maximum atomic E-state index is 12.9. The summed E-state index contributed by atoms with van der Waals surface area (Å²) < 4.78 is 16.9. The van der Waals surface area contributed by atoms with Gasteiger partial charge in [0.15, 0.2) is 5.75 Å². The molecule has 196 valence electrons. The first-order valence-corrected chi connectivity index (χ1v) is 12.9. The van der Waals surface area contributed by atoms with Gasteiger partial charge in [0, 0.05) is 11.6 Å². The molecule has 1 aliphatic heterocycles. The van der Waals surface area contributed by atoms with Crippen molar-refractivity contribution in [1.29, 1.82) is 5.26 Å². The molecular formula is C30H28Cl2N2O4. The Morgan fingerprint density at radius 1 is 1.08 bits per heavy atom. The predicted molar refractivity (Wildman–Crippen MR) is 148 cm³/mol. The van der Waals surface area contributed by atoms with Crippen LogP contribution in [0.4, 0.5) is 0 Å². The third kappa shape index (κ3) is 5.60. The van der Waals surface area contributed by atoms with Gasteiger partial charge in [-0.05, 0) is 41.2 Å². The number of halogens is 2. The summed E-state index contributed by atoms with van der Waals surface area (Å²) in [6.07, 6.45) is 0.787. The molecule has 0 saturated carbocycles. The number of carbonyl (C=O) groups is 1. The molecule has 0 fully saturated rings. The molecule has 0 saturated heterocycles. The highest BCUT2D eigenvalue weighted by molar-refractivity contribution is 6.37. The Balaban J connectivity index is 1.63. The van der Waals surface area contributed by atoms with E-state index < -0.39 is 11.9 Å². The average Bonchev–Trinajstić information content (AvgIpc) is 2.86. The molecule has 3 aromatic carbocycles. The van der Waals surface area contributed by atoms with Crippen LogP contribution in [0, 0.1) is 11.3 Å². The van der Waals surface area contributed by atoms with Crippen molar-refractivity contribution in [2.45, 2.75) is 45.4 Å². The van der Waals surface area contributed by atoms with E-state index in [-0.39, 0.29) is 32.7 Å². The second-order valence-electron chi connectivity index (χ2n) is 10.0. The van der Waals surface area contributed by atoms with E-state index in [1.54, 1.807) is 18.2 Å². The second kappa shape index (κ2) is 11.0. The number of nitriles is 1. The fraction of sp³-hybridized carbons (Fsp3) is 0.267. The van der Waals surface area contributed by atoms with Crippen LogP contribution in [0.1, 0.15) is 67.1 Å². The zero-order valence-electron chi connectivity index (χ0n) is 21.6. The molecule has 8 heteroatoms. The molecule has 1 atom stereocenters. The largest absolute Gasteiger partial charge is 0.490 e. The minimum atomic E-state index is -0.651. The fourth-order valence-corrected chi connectivity index (χ4v) is 4.80. The van der Waals surface area contributed by atoms with Gasteiger partial charge in [-0.3, -0.25) is 0 Å². The lowest BCUT2D eigenvalue weighted by Gasteiger charge is -2.27. The van der Waals surface area contributed by atoms with Gasteiger partial charge >= 0.3 is 5.97 Å². The number of allylic oxidation sites excluding steroid dienone is 1. The first-order chi connectivity index (χ1) is 18.0. The van der Waals surface area contributed by atoms with Crippen LogP contribution in [-0.4, -0.2) is 12.6 Å². The summed E-state index contributed by atoms with van der Waals surface area (Å²) in [5, 5.41) is 10.3. The number of esters is 1. The van der Waals surface area contributed by atoms with Crippen LogP contribution in [0.2, 0.25) is 10.0 Å². The van der Waals surface area contributed by atoms with Crippen LogP contribution >= 0.6 is 23.2 Å². The Bertz CT molecular complexity index is 1430. The van der Waals surface area contributed by atoms with Crippen LogP contribution in [0.5, 0.6) is 17.2 Å². The highest BCUT2D eigenvalue weighted by atomic mass is 35.5. The molecule has 38 heavy (non-hydrogen) atoms. The molecule has 1 unspecified atom stereocenters. The summed E-state index contributed by atoms with van der Waals surface area (Å²) in [5.41, 5.74) is 9.45. The van der Waals surface area contributed by atoms with Crippen LogP contribution in [0.15, 0.2) is 66.1 Å². The monoisotopic (exact) mass is 550 g/mol. The number of rotatable bonds is 6. The van der Waals surface area contributed by atoms with E-state index in [0.29, 0.717) is 23.7 Å².